The number of nitrogens with one attached hydrogen (secondary N) is 1. The van der Waals surface area contributed by atoms with Gasteiger partial charge in [-0.1, -0.05) is 13.3 Å². The number of carboxylic acids is 1. The van der Waals surface area contributed by atoms with E-state index in [1.54, 1.807) is 0 Å². The average Bonchev–Trinajstić information content (AvgIpc) is 2.41. The molecule has 0 unspecified atom stereocenters. The summed E-state index contributed by atoms with van der Waals surface area (Å²) in [6.45, 7) is 2.20. The summed E-state index contributed by atoms with van der Waals surface area (Å²) in [5, 5.41) is 12.2. The Labute approximate surface area is 112 Å². The molecule has 0 amide bonds. The lowest BCUT2D eigenvalue weighted by molar-refractivity contribution is 0.0697. The maximum absolute atomic E-state index is 13.0. The summed E-state index contributed by atoms with van der Waals surface area (Å²) >= 11 is 0. The quantitative estimate of drug-likeness (QED) is 0.877. The highest BCUT2D eigenvalue weighted by atomic mass is 19.1. The number of hydrogen-bond acceptors (Lipinski definition) is 3. The van der Waals surface area contributed by atoms with Crippen molar-refractivity contribution >= 4 is 11.8 Å². The van der Waals surface area contributed by atoms with Gasteiger partial charge in [-0.2, -0.15) is 0 Å². The second-order valence-electron chi connectivity index (χ2n) is 5.13. The number of aromatic nitrogens is 1. The summed E-state index contributed by atoms with van der Waals surface area (Å²) in [5.74, 6) is -0.735. The number of nitrogens with zero attached hydrogens (tertiary/aromatic N) is 1. The van der Waals surface area contributed by atoms with Gasteiger partial charge in [0.25, 0.3) is 0 Å². The number of rotatable bonds is 4. The van der Waals surface area contributed by atoms with E-state index in [1.807, 2.05) is 0 Å². The first-order valence-corrected chi connectivity index (χ1v) is 6.75. The van der Waals surface area contributed by atoms with Crippen molar-refractivity contribution in [3.05, 3.63) is 23.6 Å². The van der Waals surface area contributed by atoms with Gasteiger partial charge in [0, 0.05) is 6.04 Å². The van der Waals surface area contributed by atoms with Crippen LogP contribution in [0.5, 0.6) is 0 Å². The molecular weight excluding hydrogens is 247 g/mol. The summed E-state index contributed by atoms with van der Waals surface area (Å²) in [7, 11) is 0. The molecule has 1 aliphatic carbocycles. The van der Waals surface area contributed by atoms with E-state index in [2.05, 4.69) is 17.2 Å². The van der Waals surface area contributed by atoms with E-state index in [0.29, 0.717) is 0 Å². The lowest BCUT2D eigenvalue weighted by Crippen LogP contribution is -2.27. The molecular formula is C14H19FN2O2. The van der Waals surface area contributed by atoms with Gasteiger partial charge in [0.15, 0.2) is 0 Å². The Morgan fingerprint density at radius 3 is 2.74 bits per heavy atom. The molecule has 1 aliphatic rings. The van der Waals surface area contributed by atoms with Crippen molar-refractivity contribution in [1.82, 2.24) is 4.98 Å². The van der Waals surface area contributed by atoms with Crippen LogP contribution in [0.1, 0.15) is 49.4 Å². The number of anilines is 1. The van der Waals surface area contributed by atoms with Gasteiger partial charge in [0.2, 0.25) is 0 Å². The van der Waals surface area contributed by atoms with Gasteiger partial charge in [-0.15, -0.1) is 0 Å². The zero-order chi connectivity index (χ0) is 13.8. The minimum absolute atomic E-state index is 0.0994. The second kappa shape index (κ2) is 5.99. The lowest BCUT2D eigenvalue weighted by Gasteiger charge is -2.29. The Morgan fingerprint density at radius 1 is 1.47 bits per heavy atom. The monoisotopic (exact) mass is 266 g/mol. The van der Waals surface area contributed by atoms with Gasteiger partial charge in [-0.05, 0) is 37.7 Å². The number of pyridine rings is 1. The minimum atomic E-state index is -1.16. The minimum Gasteiger partial charge on any atom is -0.478 e. The molecule has 0 spiro atoms. The van der Waals surface area contributed by atoms with E-state index in [4.69, 9.17) is 5.11 Å². The van der Waals surface area contributed by atoms with Crippen LogP contribution in [0.2, 0.25) is 0 Å². The van der Waals surface area contributed by atoms with Crippen LogP contribution < -0.4 is 5.32 Å². The van der Waals surface area contributed by atoms with Crippen molar-refractivity contribution in [1.29, 1.82) is 0 Å². The average molecular weight is 266 g/mol. The molecule has 0 aliphatic heterocycles. The second-order valence-corrected chi connectivity index (χ2v) is 5.13. The number of carbonyl (C=O) groups is 1. The van der Waals surface area contributed by atoms with Crippen molar-refractivity contribution in [2.24, 2.45) is 5.92 Å². The summed E-state index contributed by atoms with van der Waals surface area (Å²) in [6.07, 6.45) is 6.57. The molecule has 0 bridgehead atoms. The number of carboxylic acid groups (broad SMARTS) is 1. The maximum atomic E-state index is 13.0. The van der Waals surface area contributed by atoms with E-state index in [0.717, 1.165) is 43.9 Å². The zero-order valence-corrected chi connectivity index (χ0v) is 11.0. The molecule has 1 heterocycles. The third-order valence-corrected chi connectivity index (χ3v) is 3.85. The Bertz CT molecular complexity index is 457. The van der Waals surface area contributed by atoms with E-state index in [1.165, 1.54) is 6.42 Å². The first kappa shape index (κ1) is 13.8. The van der Waals surface area contributed by atoms with E-state index < -0.39 is 11.8 Å². The Morgan fingerprint density at radius 2 is 2.16 bits per heavy atom. The molecule has 1 aromatic heterocycles. The predicted molar refractivity (Wildman–Crippen MR) is 70.8 cm³/mol. The summed E-state index contributed by atoms with van der Waals surface area (Å²) in [4.78, 5) is 14.9. The molecule has 19 heavy (non-hydrogen) atoms. The first-order valence-electron chi connectivity index (χ1n) is 6.75. The normalized spacial score (nSPS) is 23.1. The topological polar surface area (TPSA) is 62.2 Å². The van der Waals surface area contributed by atoms with Crippen molar-refractivity contribution in [2.45, 2.75) is 45.1 Å². The molecule has 0 radical (unpaired) electrons. The third kappa shape index (κ3) is 3.43. The van der Waals surface area contributed by atoms with Crippen LogP contribution in [0.4, 0.5) is 10.2 Å². The third-order valence-electron chi connectivity index (χ3n) is 3.85. The standard InChI is InChI=1S/C14H19FN2O2/c1-2-9-3-5-11(6-4-9)17-13-12(14(18)19)7-10(15)8-16-13/h7-9,11H,2-6H2,1H3,(H,16,17)(H,18,19). The lowest BCUT2D eigenvalue weighted by atomic mass is 9.84. The molecule has 2 N–H and O–H groups in total. The van der Waals surface area contributed by atoms with Crippen LogP contribution >= 0.6 is 0 Å². The molecule has 4 nitrogen and oxygen atoms in total. The fraction of sp³-hybridized carbons (Fsp3) is 0.571. The molecule has 1 aromatic rings. The van der Waals surface area contributed by atoms with Crippen LogP contribution in [0, 0.1) is 11.7 Å². The van der Waals surface area contributed by atoms with Crippen molar-refractivity contribution in [3.63, 3.8) is 0 Å². The fourth-order valence-electron chi connectivity index (χ4n) is 2.63. The maximum Gasteiger partial charge on any atom is 0.339 e. The van der Waals surface area contributed by atoms with Gasteiger partial charge < -0.3 is 10.4 Å². The fourth-order valence-corrected chi connectivity index (χ4v) is 2.63. The molecule has 2 rings (SSSR count). The Balaban J connectivity index is 2.05. The molecule has 0 atom stereocenters. The van der Waals surface area contributed by atoms with E-state index >= 15 is 0 Å². The van der Waals surface area contributed by atoms with Gasteiger partial charge in [-0.3, -0.25) is 0 Å². The highest BCUT2D eigenvalue weighted by Gasteiger charge is 2.22. The van der Waals surface area contributed by atoms with Crippen LogP contribution in [0.3, 0.4) is 0 Å². The van der Waals surface area contributed by atoms with E-state index in [-0.39, 0.29) is 17.4 Å². The van der Waals surface area contributed by atoms with Crippen molar-refractivity contribution < 1.29 is 14.3 Å². The SMILES string of the molecule is CCC1CCC(Nc2ncc(F)cc2C(=O)O)CC1. The van der Waals surface area contributed by atoms with Gasteiger partial charge in [0.1, 0.15) is 17.2 Å². The first-order chi connectivity index (χ1) is 9.10. The van der Waals surface area contributed by atoms with Gasteiger partial charge in [0.05, 0.1) is 6.20 Å². The van der Waals surface area contributed by atoms with Gasteiger partial charge in [-0.25, -0.2) is 14.2 Å². The largest absolute Gasteiger partial charge is 0.478 e. The predicted octanol–water partition coefficient (Wildman–Crippen LogP) is 3.30. The summed E-state index contributed by atoms with van der Waals surface area (Å²) in [5.41, 5.74) is -0.0994. The summed E-state index contributed by atoms with van der Waals surface area (Å²) in [6, 6.07) is 1.24. The number of halogens is 1. The van der Waals surface area contributed by atoms with Crippen LogP contribution in [-0.2, 0) is 0 Å². The summed E-state index contributed by atoms with van der Waals surface area (Å²) < 4.78 is 13.0. The molecule has 104 valence electrons. The molecule has 0 saturated heterocycles. The van der Waals surface area contributed by atoms with Gasteiger partial charge >= 0.3 is 5.97 Å². The molecule has 1 fully saturated rings. The highest BCUT2D eigenvalue weighted by molar-refractivity contribution is 5.93. The smallest absolute Gasteiger partial charge is 0.339 e. The van der Waals surface area contributed by atoms with Crippen LogP contribution in [0.15, 0.2) is 12.3 Å². The van der Waals surface area contributed by atoms with Crippen LogP contribution in [0.25, 0.3) is 0 Å². The van der Waals surface area contributed by atoms with E-state index in [9.17, 15) is 9.18 Å². The van der Waals surface area contributed by atoms with Crippen molar-refractivity contribution in [2.75, 3.05) is 5.32 Å². The molecule has 1 saturated carbocycles. The number of hydrogen-bond donors (Lipinski definition) is 2. The molecule has 0 aromatic carbocycles. The zero-order valence-electron chi connectivity index (χ0n) is 11.0. The highest BCUT2D eigenvalue weighted by Crippen LogP contribution is 2.28. The van der Waals surface area contributed by atoms with Crippen molar-refractivity contribution in [3.8, 4) is 0 Å². The number of aromatic carboxylic acids is 1. The Kier molecular flexibility index (Phi) is 4.35. The van der Waals surface area contributed by atoms with Crippen LogP contribution in [-0.4, -0.2) is 22.1 Å². The molecule has 5 heteroatoms. The Hall–Kier alpha value is -1.65.